The van der Waals surface area contributed by atoms with Gasteiger partial charge in [0.15, 0.2) is 4.96 Å². The first-order valence-electron chi connectivity index (χ1n) is 6.49. The van der Waals surface area contributed by atoms with Gasteiger partial charge in [-0.3, -0.25) is 4.40 Å². The molecule has 0 saturated carbocycles. The summed E-state index contributed by atoms with van der Waals surface area (Å²) in [5.74, 6) is 1.34. The number of ether oxygens (including phenoxy) is 1. The van der Waals surface area contributed by atoms with E-state index in [-0.39, 0.29) is 0 Å². The standard InChI is InChI=1S/C15H15ClN2OS/c1-3-19-13-6-4-11(5-7-13)14-10(2)20-15-17-12(8-16)9-18(14)15/h4-7,9H,3,8H2,1-2H3. The minimum atomic E-state index is 0.441. The topological polar surface area (TPSA) is 26.5 Å². The lowest BCUT2D eigenvalue weighted by atomic mass is 10.1. The number of benzene rings is 1. The number of thiazole rings is 1. The maximum absolute atomic E-state index is 5.86. The quantitative estimate of drug-likeness (QED) is 0.663. The predicted octanol–water partition coefficient (Wildman–Crippen LogP) is 4.51. The Labute approximate surface area is 126 Å². The van der Waals surface area contributed by atoms with Crippen LogP contribution in [0.25, 0.3) is 16.2 Å². The van der Waals surface area contributed by atoms with Crippen LogP contribution >= 0.6 is 22.9 Å². The zero-order valence-corrected chi connectivity index (χ0v) is 13.0. The zero-order valence-electron chi connectivity index (χ0n) is 11.4. The Morgan fingerprint density at radius 1 is 1.30 bits per heavy atom. The van der Waals surface area contributed by atoms with Crippen LogP contribution in [-0.2, 0) is 5.88 Å². The number of aromatic nitrogens is 2. The van der Waals surface area contributed by atoms with E-state index >= 15 is 0 Å². The zero-order chi connectivity index (χ0) is 14.1. The van der Waals surface area contributed by atoms with Crippen LogP contribution in [-0.4, -0.2) is 16.0 Å². The Morgan fingerprint density at radius 3 is 2.70 bits per heavy atom. The molecule has 0 bridgehead atoms. The van der Waals surface area contributed by atoms with Crippen LogP contribution in [0.3, 0.4) is 0 Å². The molecule has 3 aromatic rings. The summed E-state index contributed by atoms with van der Waals surface area (Å²) in [7, 11) is 0. The van der Waals surface area contributed by atoms with Crippen LogP contribution in [0.4, 0.5) is 0 Å². The molecule has 0 radical (unpaired) electrons. The molecule has 3 rings (SSSR count). The van der Waals surface area contributed by atoms with Gasteiger partial charge < -0.3 is 4.74 Å². The van der Waals surface area contributed by atoms with E-state index in [1.165, 1.54) is 10.6 Å². The molecule has 20 heavy (non-hydrogen) atoms. The van der Waals surface area contributed by atoms with E-state index in [1.807, 2.05) is 25.3 Å². The number of hydrogen-bond acceptors (Lipinski definition) is 3. The van der Waals surface area contributed by atoms with Crippen molar-refractivity contribution in [1.29, 1.82) is 0 Å². The van der Waals surface area contributed by atoms with Gasteiger partial charge in [0.1, 0.15) is 5.75 Å². The molecule has 2 heterocycles. The molecule has 0 aliphatic heterocycles. The number of rotatable bonds is 4. The Kier molecular flexibility index (Phi) is 3.68. The maximum Gasteiger partial charge on any atom is 0.194 e. The summed E-state index contributed by atoms with van der Waals surface area (Å²) in [6.07, 6.45) is 2.01. The van der Waals surface area contributed by atoms with Crippen LogP contribution in [0.1, 0.15) is 17.5 Å². The average Bonchev–Trinajstić information content (AvgIpc) is 2.96. The summed E-state index contributed by atoms with van der Waals surface area (Å²) >= 11 is 7.55. The highest BCUT2D eigenvalue weighted by Crippen LogP contribution is 2.32. The Balaban J connectivity index is 2.07. The van der Waals surface area contributed by atoms with Crippen molar-refractivity contribution in [2.45, 2.75) is 19.7 Å². The summed E-state index contributed by atoms with van der Waals surface area (Å²) in [6, 6.07) is 8.17. The van der Waals surface area contributed by atoms with E-state index < -0.39 is 0 Å². The van der Waals surface area contributed by atoms with Gasteiger partial charge >= 0.3 is 0 Å². The van der Waals surface area contributed by atoms with Crippen molar-refractivity contribution < 1.29 is 4.74 Å². The van der Waals surface area contributed by atoms with E-state index in [4.69, 9.17) is 16.3 Å². The molecule has 0 aliphatic rings. The van der Waals surface area contributed by atoms with Gasteiger partial charge in [0.05, 0.1) is 23.9 Å². The number of nitrogens with zero attached hydrogens (tertiary/aromatic N) is 2. The first kappa shape index (κ1) is 13.5. The van der Waals surface area contributed by atoms with Gasteiger partial charge in [0.25, 0.3) is 0 Å². The van der Waals surface area contributed by atoms with Crippen LogP contribution in [0, 0.1) is 6.92 Å². The summed E-state index contributed by atoms with van der Waals surface area (Å²) in [5.41, 5.74) is 3.25. The van der Waals surface area contributed by atoms with Crippen LogP contribution < -0.4 is 4.74 Å². The highest BCUT2D eigenvalue weighted by molar-refractivity contribution is 7.17. The minimum absolute atomic E-state index is 0.441. The highest BCUT2D eigenvalue weighted by Gasteiger charge is 2.13. The number of imidazole rings is 1. The molecule has 0 atom stereocenters. The first-order valence-corrected chi connectivity index (χ1v) is 7.84. The molecule has 3 nitrogen and oxygen atoms in total. The first-order chi connectivity index (χ1) is 9.72. The van der Waals surface area contributed by atoms with Gasteiger partial charge in [-0.05, 0) is 43.7 Å². The highest BCUT2D eigenvalue weighted by atomic mass is 35.5. The number of aryl methyl sites for hydroxylation is 1. The van der Waals surface area contributed by atoms with E-state index in [0.717, 1.165) is 22.0 Å². The van der Waals surface area contributed by atoms with Crippen molar-refractivity contribution in [3.63, 3.8) is 0 Å². The van der Waals surface area contributed by atoms with Gasteiger partial charge in [-0.2, -0.15) is 0 Å². The molecule has 0 spiro atoms. The van der Waals surface area contributed by atoms with Crippen molar-refractivity contribution in [3.05, 3.63) is 41.0 Å². The second-order valence-electron chi connectivity index (χ2n) is 4.48. The van der Waals surface area contributed by atoms with E-state index in [1.54, 1.807) is 11.3 Å². The molecule has 5 heteroatoms. The minimum Gasteiger partial charge on any atom is -0.494 e. The molecule has 0 N–H and O–H groups in total. The van der Waals surface area contributed by atoms with Gasteiger partial charge in [0, 0.05) is 11.1 Å². The molecule has 1 aromatic carbocycles. The largest absolute Gasteiger partial charge is 0.494 e. The molecule has 104 valence electrons. The molecule has 2 aromatic heterocycles. The van der Waals surface area contributed by atoms with Crippen LogP contribution in [0.5, 0.6) is 5.75 Å². The second kappa shape index (κ2) is 5.46. The third kappa shape index (κ3) is 2.30. The van der Waals surface area contributed by atoms with Gasteiger partial charge in [-0.15, -0.1) is 22.9 Å². The average molecular weight is 307 g/mol. The Bertz CT molecular complexity index is 730. The normalized spacial score (nSPS) is 11.2. The number of hydrogen-bond donors (Lipinski definition) is 0. The molecule has 0 saturated heterocycles. The SMILES string of the molecule is CCOc1ccc(-c2c(C)sc3nc(CCl)cn23)cc1. The van der Waals surface area contributed by atoms with Gasteiger partial charge in [-0.1, -0.05) is 0 Å². The molecule has 0 unspecified atom stereocenters. The number of alkyl halides is 1. The van der Waals surface area contributed by atoms with Crippen molar-refractivity contribution in [2.75, 3.05) is 6.61 Å². The molecule has 0 amide bonds. The van der Waals surface area contributed by atoms with Gasteiger partial charge in [0.2, 0.25) is 0 Å². The summed E-state index contributed by atoms with van der Waals surface area (Å²) in [5, 5.41) is 0. The fraction of sp³-hybridized carbons (Fsp3) is 0.267. The monoisotopic (exact) mass is 306 g/mol. The Morgan fingerprint density at radius 2 is 2.05 bits per heavy atom. The fourth-order valence-electron chi connectivity index (χ4n) is 2.28. The number of halogens is 1. The third-order valence-corrected chi connectivity index (χ3v) is 4.36. The summed E-state index contributed by atoms with van der Waals surface area (Å²) in [6.45, 7) is 4.78. The lowest BCUT2D eigenvalue weighted by Crippen LogP contribution is -1.91. The second-order valence-corrected chi connectivity index (χ2v) is 5.93. The van der Waals surface area contributed by atoms with Crippen molar-refractivity contribution in [2.24, 2.45) is 0 Å². The molecular formula is C15H15ClN2OS. The maximum atomic E-state index is 5.86. The van der Waals surface area contributed by atoms with E-state index in [9.17, 15) is 0 Å². The molecule has 0 aliphatic carbocycles. The predicted molar refractivity (Wildman–Crippen MR) is 84.0 cm³/mol. The summed E-state index contributed by atoms with van der Waals surface area (Å²) < 4.78 is 7.60. The van der Waals surface area contributed by atoms with Gasteiger partial charge in [-0.25, -0.2) is 4.98 Å². The summed E-state index contributed by atoms with van der Waals surface area (Å²) in [4.78, 5) is 6.75. The fourth-order valence-corrected chi connectivity index (χ4v) is 3.40. The van der Waals surface area contributed by atoms with Crippen LogP contribution in [0.2, 0.25) is 0 Å². The lowest BCUT2D eigenvalue weighted by molar-refractivity contribution is 0.340. The smallest absolute Gasteiger partial charge is 0.194 e. The molecule has 0 fully saturated rings. The lowest BCUT2D eigenvalue weighted by Gasteiger charge is -2.05. The molecular weight excluding hydrogens is 292 g/mol. The van der Waals surface area contributed by atoms with Crippen LogP contribution in [0.15, 0.2) is 30.5 Å². The van der Waals surface area contributed by atoms with Crippen molar-refractivity contribution in [1.82, 2.24) is 9.38 Å². The number of fused-ring (bicyclic) bond motifs is 1. The van der Waals surface area contributed by atoms with Crippen molar-refractivity contribution in [3.8, 4) is 17.0 Å². The Hall–Kier alpha value is -1.52. The third-order valence-electron chi connectivity index (χ3n) is 3.12. The van der Waals surface area contributed by atoms with E-state index in [0.29, 0.717) is 12.5 Å². The van der Waals surface area contributed by atoms with E-state index in [2.05, 4.69) is 28.4 Å². The van der Waals surface area contributed by atoms with Crippen molar-refractivity contribution >= 4 is 27.9 Å².